The molecule has 0 amide bonds. The lowest BCUT2D eigenvalue weighted by Gasteiger charge is -2.13. The van der Waals surface area contributed by atoms with Gasteiger partial charge in [-0.15, -0.1) is 0 Å². The largest absolute Gasteiger partial charge is 0.462 e. The first kappa shape index (κ1) is 12.4. The fourth-order valence-corrected chi connectivity index (χ4v) is 2.90. The molecule has 3 rings (SSSR count). The molecule has 0 fully saturated rings. The molecule has 1 atom stereocenters. The van der Waals surface area contributed by atoms with Crippen molar-refractivity contribution in [3.8, 4) is 11.1 Å². The van der Waals surface area contributed by atoms with Crippen molar-refractivity contribution in [3.05, 3.63) is 59.7 Å². The maximum absolute atomic E-state index is 11.4. The smallest absolute Gasteiger partial charge is 0.322 e. The second-order valence-electron chi connectivity index (χ2n) is 4.58. The lowest BCUT2D eigenvalue weighted by molar-refractivity contribution is 0.171. The fraction of sp³-hybridized carbons (Fsp3) is 0.188. The van der Waals surface area contributed by atoms with Crippen LogP contribution in [0.25, 0.3) is 11.1 Å². The topological polar surface area (TPSA) is 26.3 Å². The number of carbonyl (C=O) groups is 1. The Labute approximate surface area is 114 Å². The molecule has 0 spiro atoms. The van der Waals surface area contributed by atoms with Crippen molar-refractivity contribution in [2.45, 2.75) is 5.92 Å². The molecule has 96 valence electrons. The van der Waals surface area contributed by atoms with Gasteiger partial charge in [-0.1, -0.05) is 48.5 Å². The summed E-state index contributed by atoms with van der Waals surface area (Å²) in [5.41, 5.74) is 4.94. The molecule has 3 heteroatoms. The van der Waals surface area contributed by atoms with Crippen LogP contribution >= 0.6 is 8.58 Å². The van der Waals surface area contributed by atoms with Crippen LogP contribution in [0.3, 0.4) is 0 Å². The standard InChI is InChI=1S/C16H15O2P/c1-19-16(17)18-10-15-13-8-4-2-6-11(13)12-7-3-5-9-14(12)15/h2-9,15,19H,10H2,1H3. The molecule has 0 radical (unpaired) electrons. The molecule has 2 nitrogen and oxygen atoms in total. The van der Waals surface area contributed by atoms with Crippen LogP contribution in [0.1, 0.15) is 17.0 Å². The average molecular weight is 270 g/mol. The van der Waals surface area contributed by atoms with E-state index in [9.17, 15) is 4.79 Å². The predicted octanol–water partition coefficient (Wildman–Crippen LogP) is 4.24. The monoisotopic (exact) mass is 270 g/mol. The summed E-state index contributed by atoms with van der Waals surface area (Å²) in [5, 5.41) is 0. The molecule has 0 N–H and O–H groups in total. The van der Waals surface area contributed by atoms with E-state index in [-0.39, 0.29) is 20.2 Å². The quantitative estimate of drug-likeness (QED) is 0.779. The van der Waals surface area contributed by atoms with E-state index < -0.39 is 0 Å². The van der Waals surface area contributed by atoms with E-state index >= 15 is 0 Å². The van der Waals surface area contributed by atoms with Crippen molar-refractivity contribution in [1.82, 2.24) is 0 Å². The molecular weight excluding hydrogens is 255 g/mol. The summed E-state index contributed by atoms with van der Waals surface area (Å²) in [4.78, 5) is 11.4. The van der Waals surface area contributed by atoms with Crippen LogP contribution in [0, 0.1) is 0 Å². The van der Waals surface area contributed by atoms with Crippen molar-refractivity contribution in [2.75, 3.05) is 13.3 Å². The van der Waals surface area contributed by atoms with Gasteiger partial charge in [-0.25, -0.2) is 4.79 Å². The summed E-state index contributed by atoms with van der Waals surface area (Å²) in [7, 11) is 0.199. The van der Waals surface area contributed by atoms with Crippen molar-refractivity contribution >= 4 is 14.3 Å². The van der Waals surface area contributed by atoms with E-state index in [4.69, 9.17) is 4.74 Å². The van der Waals surface area contributed by atoms with E-state index in [0.29, 0.717) is 6.61 Å². The highest BCUT2D eigenvalue weighted by molar-refractivity contribution is 7.56. The second kappa shape index (κ2) is 5.14. The Morgan fingerprint density at radius 3 is 2.11 bits per heavy atom. The second-order valence-corrected chi connectivity index (χ2v) is 5.48. The Hall–Kier alpha value is -1.66. The lowest BCUT2D eigenvalue weighted by Crippen LogP contribution is -2.08. The Balaban J connectivity index is 1.98. The van der Waals surface area contributed by atoms with E-state index in [2.05, 4.69) is 36.4 Å². The highest BCUT2D eigenvalue weighted by Crippen LogP contribution is 2.44. The highest BCUT2D eigenvalue weighted by atomic mass is 31.1. The number of hydrogen-bond acceptors (Lipinski definition) is 2. The molecule has 0 bridgehead atoms. The summed E-state index contributed by atoms with van der Waals surface area (Å²) in [6, 6.07) is 16.7. The molecule has 1 unspecified atom stereocenters. The van der Waals surface area contributed by atoms with Gasteiger partial charge in [-0.3, -0.25) is 0 Å². The van der Waals surface area contributed by atoms with Gasteiger partial charge in [0.05, 0.1) is 0 Å². The van der Waals surface area contributed by atoms with E-state index in [1.54, 1.807) is 0 Å². The van der Waals surface area contributed by atoms with Crippen LogP contribution < -0.4 is 0 Å². The zero-order valence-electron chi connectivity index (χ0n) is 10.7. The molecule has 0 saturated carbocycles. The minimum absolute atomic E-state index is 0.109. The van der Waals surface area contributed by atoms with Crippen molar-refractivity contribution in [3.63, 3.8) is 0 Å². The predicted molar refractivity (Wildman–Crippen MR) is 79.3 cm³/mol. The molecule has 0 heterocycles. The minimum atomic E-state index is -0.109. The summed E-state index contributed by atoms with van der Waals surface area (Å²) in [5.74, 6) is 0.174. The lowest BCUT2D eigenvalue weighted by atomic mass is 9.98. The maximum atomic E-state index is 11.4. The van der Waals surface area contributed by atoms with Crippen LogP contribution in [0.4, 0.5) is 4.79 Å². The Kier molecular flexibility index (Phi) is 3.35. The first-order valence-electron chi connectivity index (χ1n) is 6.34. The highest BCUT2D eigenvalue weighted by Gasteiger charge is 2.28. The number of ether oxygens (including phenoxy) is 1. The minimum Gasteiger partial charge on any atom is -0.462 e. The van der Waals surface area contributed by atoms with Crippen molar-refractivity contribution in [2.24, 2.45) is 0 Å². The van der Waals surface area contributed by atoms with Crippen LogP contribution in [0.5, 0.6) is 0 Å². The van der Waals surface area contributed by atoms with Gasteiger partial charge in [0.25, 0.3) is 0 Å². The number of rotatable bonds is 3. The SMILES string of the molecule is CPC(=O)OCC1c2ccccc2-c2ccccc21. The zero-order chi connectivity index (χ0) is 13.2. The van der Waals surface area contributed by atoms with E-state index in [0.717, 1.165) is 0 Å². The Morgan fingerprint density at radius 1 is 1.05 bits per heavy atom. The summed E-state index contributed by atoms with van der Waals surface area (Å²) in [6.07, 6.45) is 0. The third-order valence-electron chi connectivity index (χ3n) is 3.55. The summed E-state index contributed by atoms with van der Waals surface area (Å²) in [6.45, 7) is 2.28. The molecule has 19 heavy (non-hydrogen) atoms. The third kappa shape index (κ3) is 2.17. The molecule has 1 aliphatic carbocycles. The number of fused-ring (bicyclic) bond motifs is 3. The fourth-order valence-electron chi connectivity index (χ4n) is 2.67. The van der Waals surface area contributed by atoms with Gasteiger partial charge in [0.1, 0.15) is 6.61 Å². The Bertz CT molecular complexity index is 576. The van der Waals surface area contributed by atoms with Gasteiger partial charge in [0.2, 0.25) is 0 Å². The molecule has 2 aromatic rings. The maximum Gasteiger partial charge on any atom is 0.322 e. The zero-order valence-corrected chi connectivity index (χ0v) is 11.7. The average Bonchev–Trinajstić information content (AvgIpc) is 2.79. The van der Waals surface area contributed by atoms with Gasteiger partial charge in [0.15, 0.2) is 0 Å². The first-order chi connectivity index (χ1) is 9.31. The number of hydrogen-bond donors (Lipinski definition) is 0. The third-order valence-corrected chi connectivity index (χ3v) is 4.10. The van der Waals surface area contributed by atoms with Gasteiger partial charge in [-0.2, -0.15) is 0 Å². The van der Waals surface area contributed by atoms with Gasteiger partial charge >= 0.3 is 5.71 Å². The van der Waals surface area contributed by atoms with Crippen LogP contribution in [0.2, 0.25) is 0 Å². The van der Waals surface area contributed by atoms with E-state index in [1.807, 2.05) is 18.8 Å². The molecule has 2 aromatic carbocycles. The van der Waals surface area contributed by atoms with E-state index in [1.165, 1.54) is 22.3 Å². The van der Waals surface area contributed by atoms with Crippen molar-refractivity contribution < 1.29 is 9.53 Å². The molecule has 1 aliphatic rings. The summed E-state index contributed by atoms with van der Waals surface area (Å²) >= 11 is 0. The van der Waals surface area contributed by atoms with Crippen LogP contribution in [0.15, 0.2) is 48.5 Å². The van der Waals surface area contributed by atoms with Crippen LogP contribution in [-0.2, 0) is 4.74 Å². The van der Waals surface area contributed by atoms with Gasteiger partial charge in [-0.05, 0) is 37.5 Å². The molecule has 0 aliphatic heterocycles. The van der Waals surface area contributed by atoms with Gasteiger partial charge in [0, 0.05) is 5.92 Å². The molecular formula is C16H15O2P. The normalized spacial score (nSPS) is 13.5. The Morgan fingerprint density at radius 2 is 1.58 bits per heavy atom. The molecule has 0 aromatic heterocycles. The number of benzene rings is 2. The van der Waals surface area contributed by atoms with Crippen LogP contribution in [-0.4, -0.2) is 19.0 Å². The summed E-state index contributed by atoms with van der Waals surface area (Å²) < 4.78 is 5.36. The van der Waals surface area contributed by atoms with Gasteiger partial charge < -0.3 is 4.74 Å². The number of carbonyl (C=O) groups excluding carboxylic acids is 1. The first-order valence-corrected chi connectivity index (χ1v) is 7.84. The van der Waals surface area contributed by atoms with Crippen molar-refractivity contribution in [1.29, 1.82) is 0 Å². The molecule has 0 saturated heterocycles.